The Bertz CT molecular complexity index is 479. The molecule has 0 aromatic heterocycles. The first kappa shape index (κ1) is 22.1. The number of likely N-dealkylation sites (N-methyl/N-ethyl adjacent to an activating group) is 1. The van der Waals surface area contributed by atoms with Gasteiger partial charge in [-0.25, -0.2) is 4.79 Å². The number of nitrogens with one attached hydrogen (secondary N) is 2. The van der Waals surface area contributed by atoms with Crippen LogP contribution in [0.4, 0.5) is 0 Å². The lowest BCUT2D eigenvalue weighted by Crippen LogP contribution is -2.34. The molecule has 0 amide bonds. The van der Waals surface area contributed by atoms with E-state index >= 15 is 0 Å². The quantitative estimate of drug-likeness (QED) is 0.193. The summed E-state index contributed by atoms with van der Waals surface area (Å²) in [4.78, 5) is 15.4. The van der Waals surface area contributed by atoms with E-state index in [4.69, 9.17) is 16.2 Å². The van der Waals surface area contributed by atoms with Gasteiger partial charge in [-0.15, -0.1) is 0 Å². The maximum absolute atomic E-state index is 11.7. The Morgan fingerprint density at radius 3 is 2.62 bits per heavy atom. The molecule has 3 atom stereocenters. The van der Waals surface area contributed by atoms with Crippen LogP contribution in [0.2, 0.25) is 0 Å². The molecule has 0 rings (SSSR count). The molecule has 0 saturated heterocycles. The first-order chi connectivity index (χ1) is 11.4. The third-order valence-corrected chi connectivity index (χ3v) is 3.36. The monoisotopic (exact) mass is 338 g/mol. The Hall–Kier alpha value is -1.88. The molecule has 0 fully saturated rings. The number of carbonyl (C=O) groups excluding carboxylic acids is 1. The van der Waals surface area contributed by atoms with E-state index in [1.165, 1.54) is 6.08 Å². The summed E-state index contributed by atoms with van der Waals surface area (Å²) in [6.45, 7) is 1.70. The second-order valence-corrected chi connectivity index (χ2v) is 5.51. The van der Waals surface area contributed by atoms with Gasteiger partial charge in [-0.1, -0.05) is 10.9 Å². The van der Waals surface area contributed by atoms with E-state index in [0.717, 1.165) is 25.7 Å². The van der Waals surface area contributed by atoms with Gasteiger partial charge in [0.25, 0.3) is 7.05 Å². The molecule has 7 heteroatoms. The average molecular weight is 338 g/mol. The zero-order valence-corrected chi connectivity index (χ0v) is 15.2. The number of esters is 1. The predicted octanol–water partition coefficient (Wildman–Crippen LogP) is 0.932. The molecular weight excluding hydrogens is 306 g/mol. The fraction of sp³-hybridized carbons (Fsp3) is 0.647. The Morgan fingerprint density at radius 1 is 1.33 bits per heavy atom. The van der Waals surface area contributed by atoms with Gasteiger partial charge in [-0.2, -0.15) is 0 Å². The minimum absolute atomic E-state index is 0.0231. The lowest BCUT2D eigenvalue weighted by molar-refractivity contribution is -0.139. The van der Waals surface area contributed by atoms with Crippen molar-refractivity contribution in [1.82, 2.24) is 10.6 Å². The molecule has 0 aromatic carbocycles. The smallest absolute Gasteiger partial charge is 0.334 e. The molecule has 0 saturated carbocycles. The molecule has 0 aliphatic heterocycles. The first-order valence-electron chi connectivity index (χ1n) is 8.22. The number of ether oxygens (including phenoxy) is 1. The number of carbonyl (C=O) groups is 1. The van der Waals surface area contributed by atoms with Gasteiger partial charge in [0.05, 0.1) is 6.17 Å². The maximum Gasteiger partial charge on any atom is 0.334 e. The van der Waals surface area contributed by atoms with Crippen molar-refractivity contribution in [2.45, 2.75) is 50.9 Å². The Balaban J connectivity index is 4.29. The SMILES string of the molecule is C[N+]#CC(C)OC(=O)/C=C(/C=C/CC(N)CCCC(N)NC)NC. The van der Waals surface area contributed by atoms with Crippen molar-refractivity contribution in [3.63, 3.8) is 0 Å². The Morgan fingerprint density at radius 2 is 2.04 bits per heavy atom. The number of nitrogens with two attached hydrogens (primary N) is 2. The van der Waals surface area contributed by atoms with Crippen molar-refractivity contribution in [3.05, 3.63) is 28.8 Å². The molecule has 0 heterocycles. The standard InChI is InChI=1S/C17H31N5O2/c1-13(12-20-2)24-17(23)11-15(21-3)9-5-7-14(18)8-6-10-16(19)22-4/h5,9,11,13-14,16,22H,6-8,10,18-19H2,1-4H3/p+1/b9-5+. The highest BCUT2D eigenvalue weighted by Gasteiger charge is 2.09. The van der Waals surface area contributed by atoms with E-state index in [1.807, 2.05) is 19.2 Å². The van der Waals surface area contributed by atoms with E-state index in [-0.39, 0.29) is 12.2 Å². The van der Waals surface area contributed by atoms with Crippen molar-refractivity contribution < 1.29 is 9.53 Å². The van der Waals surface area contributed by atoms with E-state index in [9.17, 15) is 4.79 Å². The lowest BCUT2D eigenvalue weighted by atomic mass is 10.1. The molecule has 0 radical (unpaired) electrons. The zero-order valence-electron chi connectivity index (χ0n) is 15.2. The van der Waals surface area contributed by atoms with Crippen LogP contribution >= 0.6 is 0 Å². The van der Waals surface area contributed by atoms with Crippen molar-refractivity contribution in [1.29, 1.82) is 0 Å². The maximum atomic E-state index is 11.7. The molecule has 24 heavy (non-hydrogen) atoms. The van der Waals surface area contributed by atoms with Gasteiger partial charge < -0.3 is 26.8 Å². The molecule has 7 nitrogen and oxygen atoms in total. The molecule has 3 unspecified atom stereocenters. The molecule has 0 aromatic rings. The molecule has 0 bridgehead atoms. The third-order valence-electron chi connectivity index (χ3n) is 3.36. The minimum atomic E-state index is -0.474. The third kappa shape index (κ3) is 11.7. The van der Waals surface area contributed by atoms with Gasteiger partial charge >= 0.3 is 12.0 Å². The predicted molar refractivity (Wildman–Crippen MR) is 98.5 cm³/mol. The largest absolute Gasteiger partial charge is 0.439 e. The van der Waals surface area contributed by atoms with Gasteiger partial charge in [0, 0.05) is 24.9 Å². The zero-order chi connectivity index (χ0) is 18.4. The van der Waals surface area contributed by atoms with Crippen LogP contribution in [0.1, 0.15) is 32.6 Å². The molecule has 0 aliphatic rings. The highest BCUT2D eigenvalue weighted by molar-refractivity contribution is 5.83. The Labute approximate surface area is 145 Å². The minimum Gasteiger partial charge on any atom is -0.439 e. The fourth-order valence-electron chi connectivity index (χ4n) is 1.98. The summed E-state index contributed by atoms with van der Waals surface area (Å²) < 4.78 is 5.10. The molecule has 0 spiro atoms. The fourth-order valence-corrected chi connectivity index (χ4v) is 1.98. The van der Waals surface area contributed by atoms with Gasteiger partial charge in [0.2, 0.25) is 6.10 Å². The summed E-state index contributed by atoms with van der Waals surface area (Å²) in [5.41, 5.74) is 12.5. The summed E-state index contributed by atoms with van der Waals surface area (Å²) in [5.74, 6) is -0.446. The second kappa shape index (κ2) is 13.5. The van der Waals surface area contributed by atoms with Crippen LogP contribution in [-0.2, 0) is 9.53 Å². The summed E-state index contributed by atoms with van der Waals surface area (Å²) >= 11 is 0. The number of allylic oxidation sites excluding steroid dienone is 1. The van der Waals surface area contributed by atoms with Gasteiger partial charge in [0.1, 0.15) is 0 Å². The van der Waals surface area contributed by atoms with Crippen LogP contribution in [-0.4, -0.2) is 45.4 Å². The van der Waals surface area contributed by atoms with Crippen molar-refractivity contribution in [2.75, 3.05) is 21.1 Å². The van der Waals surface area contributed by atoms with E-state index in [0.29, 0.717) is 5.70 Å². The van der Waals surface area contributed by atoms with Crippen molar-refractivity contribution in [3.8, 4) is 6.07 Å². The molecule has 136 valence electrons. The van der Waals surface area contributed by atoms with Crippen LogP contribution in [0.3, 0.4) is 0 Å². The van der Waals surface area contributed by atoms with Crippen LogP contribution in [0, 0.1) is 6.07 Å². The second-order valence-electron chi connectivity index (χ2n) is 5.51. The van der Waals surface area contributed by atoms with E-state index in [1.54, 1.807) is 21.0 Å². The van der Waals surface area contributed by atoms with Crippen LogP contribution in [0.5, 0.6) is 0 Å². The number of hydrogen-bond acceptors (Lipinski definition) is 6. The summed E-state index contributed by atoms with van der Waals surface area (Å²) in [7, 11) is 5.17. The van der Waals surface area contributed by atoms with Gasteiger partial charge in [0.15, 0.2) is 0 Å². The number of rotatable bonds is 11. The van der Waals surface area contributed by atoms with Crippen molar-refractivity contribution >= 4 is 5.97 Å². The molecule has 6 N–H and O–H groups in total. The van der Waals surface area contributed by atoms with Crippen molar-refractivity contribution in [2.24, 2.45) is 11.5 Å². The van der Waals surface area contributed by atoms with Crippen LogP contribution in [0.25, 0.3) is 4.85 Å². The number of hydrogen-bond donors (Lipinski definition) is 4. The normalized spacial score (nSPS) is 15.3. The van der Waals surface area contributed by atoms with Crippen LogP contribution in [0.15, 0.2) is 23.9 Å². The first-order valence-corrected chi connectivity index (χ1v) is 8.22. The topological polar surface area (TPSA) is 107 Å². The molecular formula is C17H32N5O2+. The summed E-state index contributed by atoms with van der Waals surface area (Å²) in [6.07, 6.45) is 8.22. The Kier molecular flexibility index (Phi) is 12.5. The molecule has 0 aliphatic carbocycles. The average Bonchev–Trinajstić information content (AvgIpc) is 2.53. The van der Waals surface area contributed by atoms with E-state index < -0.39 is 12.1 Å². The van der Waals surface area contributed by atoms with E-state index in [2.05, 4.69) is 21.5 Å². The highest BCUT2D eigenvalue weighted by atomic mass is 16.5. The highest BCUT2D eigenvalue weighted by Crippen LogP contribution is 2.05. The number of nitrogens with zero attached hydrogens (tertiary/aromatic N) is 1. The van der Waals surface area contributed by atoms with Gasteiger partial charge in [-0.3, -0.25) is 0 Å². The summed E-state index contributed by atoms with van der Waals surface area (Å²) in [5, 5.41) is 5.94. The van der Waals surface area contributed by atoms with Crippen LogP contribution < -0.4 is 22.1 Å². The summed E-state index contributed by atoms with van der Waals surface area (Å²) in [6, 6.07) is 2.72. The lowest BCUT2D eigenvalue weighted by Gasteiger charge is -2.12. The van der Waals surface area contributed by atoms with Gasteiger partial charge in [-0.05, 0) is 45.7 Å².